The highest BCUT2D eigenvalue weighted by Crippen LogP contribution is 2.27. The molecule has 0 fully saturated rings. The van der Waals surface area contributed by atoms with Gasteiger partial charge >= 0.3 is 0 Å². The lowest BCUT2D eigenvalue weighted by Gasteiger charge is -2.33. The highest BCUT2D eigenvalue weighted by Gasteiger charge is 2.22. The quantitative estimate of drug-likeness (QED) is 0.847. The first-order valence-electron chi connectivity index (χ1n) is 7.30. The molecule has 110 valence electrons. The van der Waals surface area contributed by atoms with Crippen LogP contribution in [0.3, 0.4) is 0 Å². The Kier molecular flexibility index (Phi) is 4.42. The van der Waals surface area contributed by atoms with Crippen molar-refractivity contribution >= 4 is 22.8 Å². The first-order valence-corrected chi connectivity index (χ1v) is 7.30. The largest absolute Gasteiger partial charge is 0.368 e. The number of fused-ring (bicyclic) bond motifs is 1. The molecule has 0 spiro atoms. The van der Waals surface area contributed by atoms with Crippen LogP contribution in [0.15, 0.2) is 6.20 Å². The van der Waals surface area contributed by atoms with Crippen LogP contribution < -0.4 is 10.6 Å². The van der Waals surface area contributed by atoms with E-state index in [0.717, 1.165) is 30.6 Å². The number of nitrogens with zero attached hydrogens (tertiary/aromatic N) is 4. The molecule has 0 aliphatic heterocycles. The van der Waals surface area contributed by atoms with Crippen LogP contribution in [0.4, 0.5) is 11.8 Å². The lowest BCUT2D eigenvalue weighted by atomic mass is 10.1. The number of rotatable bonds is 6. The van der Waals surface area contributed by atoms with Crippen LogP contribution >= 0.6 is 0 Å². The van der Waals surface area contributed by atoms with Gasteiger partial charge in [-0.3, -0.25) is 5.10 Å². The van der Waals surface area contributed by atoms with Crippen molar-refractivity contribution < 1.29 is 0 Å². The fraction of sp³-hybridized carbons (Fsp3) is 0.643. The molecule has 2 rings (SSSR count). The number of nitrogens with two attached hydrogens (primary N) is 1. The molecule has 2 aromatic rings. The average Bonchev–Trinajstić information content (AvgIpc) is 2.85. The Morgan fingerprint density at radius 3 is 2.55 bits per heavy atom. The van der Waals surface area contributed by atoms with E-state index in [1.54, 1.807) is 6.20 Å². The number of hydrogen-bond acceptors (Lipinski definition) is 5. The van der Waals surface area contributed by atoms with Gasteiger partial charge in [-0.25, -0.2) is 0 Å². The lowest BCUT2D eigenvalue weighted by molar-refractivity contribution is 0.505. The van der Waals surface area contributed by atoms with Crippen LogP contribution in [0.1, 0.15) is 40.5 Å². The summed E-state index contributed by atoms with van der Waals surface area (Å²) in [6.45, 7) is 9.79. The molecule has 0 aliphatic rings. The molecule has 6 nitrogen and oxygen atoms in total. The minimum Gasteiger partial charge on any atom is -0.368 e. The van der Waals surface area contributed by atoms with Gasteiger partial charge in [0, 0.05) is 12.6 Å². The molecule has 2 aromatic heterocycles. The third-order valence-electron chi connectivity index (χ3n) is 3.52. The summed E-state index contributed by atoms with van der Waals surface area (Å²) in [5.74, 6) is 1.73. The van der Waals surface area contributed by atoms with E-state index in [-0.39, 0.29) is 5.95 Å². The van der Waals surface area contributed by atoms with Crippen LogP contribution in [0.5, 0.6) is 0 Å². The summed E-state index contributed by atoms with van der Waals surface area (Å²) in [6, 6.07) is 0.449. The standard InChI is InChI=1S/C14H24N6/c1-5-10(6-2)20(8-9(3)4)13-11-7-16-19-12(11)17-14(15)18-13/h7,9-10H,5-6,8H2,1-4H3,(H3,15,16,17,18,19). The molecular weight excluding hydrogens is 252 g/mol. The Labute approximate surface area is 119 Å². The van der Waals surface area contributed by atoms with E-state index in [1.807, 2.05) is 0 Å². The number of H-pyrrole nitrogens is 1. The Hall–Kier alpha value is -1.85. The highest BCUT2D eigenvalue weighted by atomic mass is 15.3. The Balaban J connectivity index is 2.51. The van der Waals surface area contributed by atoms with Crippen LogP contribution in [0.25, 0.3) is 11.0 Å². The molecule has 0 aliphatic carbocycles. The van der Waals surface area contributed by atoms with Crippen molar-refractivity contribution in [3.05, 3.63) is 6.20 Å². The molecule has 0 atom stereocenters. The van der Waals surface area contributed by atoms with E-state index in [9.17, 15) is 0 Å². The van der Waals surface area contributed by atoms with Crippen molar-refractivity contribution in [2.75, 3.05) is 17.2 Å². The van der Waals surface area contributed by atoms with Gasteiger partial charge in [0.15, 0.2) is 5.65 Å². The molecule has 20 heavy (non-hydrogen) atoms. The Morgan fingerprint density at radius 2 is 1.95 bits per heavy atom. The van der Waals surface area contributed by atoms with Gasteiger partial charge in [-0.05, 0) is 18.8 Å². The minimum atomic E-state index is 0.288. The van der Waals surface area contributed by atoms with Crippen molar-refractivity contribution in [2.24, 2.45) is 5.92 Å². The van der Waals surface area contributed by atoms with E-state index in [0.29, 0.717) is 17.6 Å². The summed E-state index contributed by atoms with van der Waals surface area (Å²) >= 11 is 0. The molecule has 0 saturated heterocycles. The van der Waals surface area contributed by atoms with Crippen molar-refractivity contribution in [3.8, 4) is 0 Å². The van der Waals surface area contributed by atoms with Gasteiger partial charge in [-0.15, -0.1) is 0 Å². The van der Waals surface area contributed by atoms with E-state index in [2.05, 4.69) is 52.8 Å². The zero-order valence-electron chi connectivity index (χ0n) is 12.7. The maximum absolute atomic E-state index is 5.84. The molecule has 6 heteroatoms. The molecule has 0 aromatic carbocycles. The molecule has 2 heterocycles. The SMILES string of the molecule is CCC(CC)N(CC(C)C)c1nc(N)nc2[nH]ncc12. The fourth-order valence-corrected chi connectivity index (χ4v) is 2.59. The van der Waals surface area contributed by atoms with E-state index < -0.39 is 0 Å². The second-order valence-corrected chi connectivity index (χ2v) is 5.55. The first-order chi connectivity index (χ1) is 9.56. The molecule has 0 unspecified atom stereocenters. The predicted octanol–water partition coefficient (Wildman–Crippen LogP) is 2.59. The Morgan fingerprint density at radius 1 is 1.25 bits per heavy atom. The number of aromatic nitrogens is 4. The van der Waals surface area contributed by atoms with Gasteiger partial charge in [0.05, 0.1) is 11.6 Å². The molecule has 0 amide bonds. The number of hydrogen-bond donors (Lipinski definition) is 2. The number of anilines is 2. The van der Waals surface area contributed by atoms with Crippen molar-refractivity contribution in [1.82, 2.24) is 20.2 Å². The smallest absolute Gasteiger partial charge is 0.224 e. The van der Waals surface area contributed by atoms with Crippen LogP contribution in [-0.4, -0.2) is 32.8 Å². The first kappa shape index (κ1) is 14.6. The van der Waals surface area contributed by atoms with Gasteiger partial charge in [0.1, 0.15) is 5.82 Å². The number of nitrogen functional groups attached to an aromatic ring is 1. The van der Waals surface area contributed by atoms with Crippen molar-refractivity contribution in [1.29, 1.82) is 0 Å². The zero-order valence-corrected chi connectivity index (χ0v) is 12.7. The zero-order chi connectivity index (χ0) is 14.7. The van der Waals surface area contributed by atoms with Crippen LogP contribution in [-0.2, 0) is 0 Å². The van der Waals surface area contributed by atoms with Gasteiger partial charge in [0.25, 0.3) is 0 Å². The maximum Gasteiger partial charge on any atom is 0.224 e. The lowest BCUT2D eigenvalue weighted by Crippen LogP contribution is -2.38. The fourth-order valence-electron chi connectivity index (χ4n) is 2.59. The maximum atomic E-state index is 5.84. The van der Waals surface area contributed by atoms with Gasteiger partial charge in [-0.2, -0.15) is 15.1 Å². The molecular formula is C14H24N6. The number of nitrogens with one attached hydrogen (secondary N) is 1. The average molecular weight is 276 g/mol. The third kappa shape index (κ3) is 2.84. The van der Waals surface area contributed by atoms with Gasteiger partial charge in [-0.1, -0.05) is 27.7 Å². The second-order valence-electron chi connectivity index (χ2n) is 5.55. The predicted molar refractivity (Wildman–Crippen MR) is 82.7 cm³/mol. The summed E-state index contributed by atoms with van der Waals surface area (Å²) in [6.07, 6.45) is 3.93. The molecule has 0 saturated carbocycles. The number of aromatic amines is 1. The highest BCUT2D eigenvalue weighted by molar-refractivity contribution is 5.87. The van der Waals surface area contributed by atoms with Gasteiger partial charge in [0.2, 0.25) is 5.95 Å². The molecule has 0 radical (unpaired) electrons. The van der Waals surface area contributed by atoms with Crippen molar-refractivity contribution in [3.63, 3.8) is 0 Å². The normalized spacial score (nSPS) is 11.7. The summed E-state index contributed by atoms with van der Waals surface area (Å²) in [7, 11) is 0. The van der Waals surface area contributed by atoms with E-state index >= 15 is 0 Å². The summed E-state index contributed by atoms with van der Waals surface area (Å²) < 4.78 is 0. The topological polar surface area (TPSA) is 83.7 Å². The minimum absolute atomic E-state index is 0.288. The van der Waals surface area contributed by atoms with Gasteiger partial charge < -0.3 is 10.6 Å². The summed E-state index contributed by atoms with van der Waals surface area (Å²) in [5.41, 5.74) is 6.54. The van der Waals surface area contributed by atoms with Crippen LogP contribution in [0.2, 0.25) is 0 Å². The Bertz CT molecular complexity index is 558. The third-order valence-corrected chi connectivity index (χ3v) is 3.52. The van der Waals surface area contributed by atoms with E-state index in [1.165, 1.54) is 0 Å². The molecule has 3 N–H and O–H groups in total. The summed E-state index contributed by atoms with van der Waals surface area (Å²) in [5, 5.41) is 7.88. The summed E-state index contributed by atoms with van der Waals surface area (Å²) in [4.78, 5) is 11.0. The monoisotopic (exact) mass is 276 g/mol. The van der Waals surface area contributed by atoms with Crippen molar-refractivity contribution in [2.45, 2.75) is 46.6 Å². The van der Waals surface area contributed by atoms with Crippen LogP contribution in [0, 0.1) is 5.92 Å². The van der Waals surface area contributed by atoms with E-state index in [4.69, 9.17) is 5.73 Å². The second kappa shape index (κ2) is 6.07. The molecule has 0 bridgehead atoms.